The van der Waals surface area contributed by atoms with Crippen molar-refractivity contribution in [3.05, 3.63) is 130 Å². The SMILES string of the molecule is Brc1cccc(-c2cc3cc4ccccc4cc3c(-c3cccc(Br)c3)c2-c2ccccc2)c1. The van der Waals surface area contributed by atoms with Gasteiger partial charge in [-0.1, -0.05) is 111 Å². The van der Waals surface area contributed by atoms with Crippen LogP contribution in [0.3, 0.4) is 0 Å². The van der Waals surface area contributed by atoms with Gasteiger partial charge in [0, 0.05) is 8.95 Å². The minimum Gasteiger partial charge on any atom is -0.0622 e. The van der Waals surface area contributed by atoms with Crippen molar-refractivity contribution in [1.82, 2.24) is 0 Å². The first-order chi connectivity index (χ1) is 16.7. The van der Waals surface area contributed by atoms with Gasteiger partial charge in [-0.05, 0) is 97.4 Å². The fraction of sp³-hybridized carbons (Fsp3) is 0. The number of hydrogen-bond acceptors (Lipinski definition) is 0. The standard InChI is InChI=1S/C32H20Br2/c33-27-14-6-12-24(17-27)29-20-26-16-22-10-4-5-11-23(22)19-30(26)32(25-13-7-15-28(34)18-25)31(29)21-8-2-1-3-9-21/h1-20H. The number of benzene rings is 6. The van der Waals surface area contributed by atoms with Gasteiger partial charge >= 0.3 is 0 Å². The predicted octanol–water partition coefficient (Wildman–Crippen LogP) is 10.5. The third-order valence-corrected chi connectivity index (χ3v) is 7.30. The Labute approximate surface area is 216 Å². The van der Waals surface area contributed by atoms with Crippen molar-refractivity contribution < 1.29 is 0 Å². The van der Waals surface area contributed by atoms with Gasteiger partial charge in [-0.3, -0.25) is 0 Å². The van der Waals surface area contributed by atoms with Crippen molar-refractivity contribution in [2.45, 2.75) is 0 Å². The van der Waals surface area contributed by atoms with Crippen LogP contribution in [0.15, 0.2) is 130 Å². The van der Waals surface area contributed by atoms with Crippen LogP contribution >= 0.6 is 31.9 Å². The molecule has 6 aromatic carbocycles. The molecule has 0 spiro atoms. The van der Waals surface area contributed by atoms with Crippen LogP contribution in [-0.4, -0.2) is 0 Å². The largest absolute Gasteiger partial charge is 0.0622 e. The average molecular weight is 564 g/mol. The third-order valence-electron chi connectivity index (χ3n) is 6.32. The van der Waals surface area contributed by atoms with Crippen molar-refractivity contribution in [3.63, 3.8) is 0 Å². The Morgan fingerprint density at radius 3 is 1.68 bits per heavy atom. The van der Waals surface area contributed by atoms with E-state index in [1.165, 1.54) is 54.9 Å². The first-order valence-electron chi connectivity index (χ1n) is 11.2. The molecule has 0 aliphatic rings. The number of halogens is 2. The molecule has 0 heterocycles. The molecule has 0 aromatic heterocycles. The summed E-state index contributed by atoms with van der Waals surface area (Å²) in [6, 6.07) is 43.6. The Morgan fingerprint density at radius 1 is 0.382 bits per heavy atom. The van der Waals surface area contributed by atoms with Crippen LogP contribution in [0.1, 0.15) is 0 Å². The lowest BCUT2D eigenvalue weighted by Gasteiger charge is -2.20. The van der Waals surface area contributed by atoms with Crippen LogP contribution in [0.25, 0.3) is 54.9 Å². The molecule has 0 N–H and O–H groups in total. The summed E-state index contributed by atoms with van der Waals surface area (Å²) < 4.78 is 2.15. The first-order valence-corrected chi connectivity index (χ1v) is 12.8. The molecule has 0 nitrogen and oxygen atoms in total. The maximum absolute atomic E-state index is 3.71. The Kier molecular flexibility index (Phi) is 5.57. The summed E-state index contributed by atoms with van der Waals surface area (Å²) in [6.07, 6.45) is 0. The molecule has 0 saturated carbocycles. The smallest absolute Gasteiger partial charge is 0.0181 e. The van der Waals surface area contributed by atoms with E-state index in [4.69, 9.17) is 0 Å². The summed E-state index contributed by atoms with van der Waals surface area (Å²) in [7, 11) is 0. The summed E-state index contributed by atoms with van der Waals surface area (Å²) in [5, 5.41) is 5.00. The van der Waals surface area contributed by atoms with E-state index in [1.54, 1.807) is 0 Å². The highest BCUT2D eigenvalue weighted by molar-refractivity contribution is 9.10. The molecule has 162 valence electrons. The molecule has 0 aliphatic heterocycles. The molecular formula is C32H20Br2. The molecule has 6 rings (SSSR count). The molecule has 0 radical (unpaired) electrons. The monoisotopic (exact) mass is 562 g/mol. The van der Waals surface area contributed by atoms with Gasteiger partial charge < -0.3 is 0 Å². The molecule has 0 unspecified atom stereocenters. The zero-order valence-electron chi connectivity index (χ0n) is 18.3. The molecule has 6 aromatic rings. The fourth-order valence-electron chi connectivity index (χ4n) is 4.82. The van der Waals surface area contributed by atoms with Gasteiger partial charge in [-0.15, -0.1) is 0 Å². The molecule has 0 saturated heterocycles. The van der Waals surface area contributed by atoms with Crippen LogP contribution in [0.4, 0.5) is 0 Å². The Morgan fingerprint density at radius 2 is 0.971 bits per heavy atom. The Balaban J connectivity index is 1.84. The van der Waals surface area contributed by atoms with E-state index in [2.05, 4.69) is 153 Å². The minimum atomic E-state index is 1.07. The van der Waals surface area contributed by atoms with Crippen molar-refractivity contribution >= 4 is 53.4 Å². The maximum atomic E-state index is 3.71. The van der Waals surface area contributed by atoms with Gasteiger partial charge in [0.25, 0.3) is 0 Å². The van der Waals surface area contributed by atoms with E-state index < -0.39 is 0 Å². The molecule has 0 atom stereocenters. The van der Waals surface area contributed by atoms with Gasteiger partial charge in [-0.25, -0.2) is 0 Å². The zero-order valence-corrected chi connectivity index (χ0v) is 21.5. The van der Waals surface area contributed by atoms with Gasteiger partial charge in [0.05, 0.1) is 0 Å². The molecule has 34 heavy (non-hydrogen) atoms. The predicted molar refractivity (Wildman–Crippen MR) is 153 cm³/mol. The van der Waals surface area contributed by atoms with Gasteiger partial charge in [0.1, 0.15) is 0 Å². The summed E-state index contributed by atoms with van der Waals surface area (Å²) in [6.45, 7) is 0. The molecule has 0 amide bonds. The van der Waals surface area contributed by atoms with Gasteiger partial charge in [-0.2, -0.15) is 0 Å². The number of hydrogen-bond donors (Lipinski definition) is 0. The highest BCUT2D eigenvalue weighted by atomic mass is 79.9. The Hall–Kier alpha value is -3.20. The number of rotatable bonds is 3. The van der Waals surface area contributed by atoms with E-state index in [9.17, 15) is 0 Å². The second kappa shape index (κ2) is 8.87. The molecular weight excluding hydrogens is 544 g/mol. The first kappa shape index (κ1) is 21.3. The maximum Gasteiger partial charge on any atom is 0.0181 e. The summed E-state index contributed by atoms with van der Waals surface area (Å²) in [5.74, 6) is 0. The minimum absolute atomic E-state index is 1.07. The van der Waals surface area contributed by atoms with E-state index in [1.807, 2.05) is 0 Å². The second-order valence-electron chi connectivity index (χ2n) is 8.48. The highest BCUT2D eigenvalue weighted by Crippen LogP contribution is 2.46. The zero-order chi connectivity index (χ0) is 23.1. The molecule has 2 heteroatoms. The molecule has 0 bridgehead atoms. The van der Waals surface area contributed by atoms with E-state index >= 15 is 0 Å². The van der Waals surface area contributed by atoms with Crippen LogP contribution < -0.4 is 0 Å². The van der Waals surface area contributed by atoms with Crippen molar-refractivity contribution in [2.24, 2.45) is 0 Å². The summed E-state index contributed by atoms with van der Waals surface area (Å²) in [4.78, 5) is 0. The lowest BCUT2D eigenvalue weighted by Crippen LogP contribution is -1.93. The van der Waals surface area contributed by atoms with Crippen LogP contribution in [0.2, 0.25) is 0 Å². The topological polar surface area (TPSA) is 0 Å². The van der Waals surface area contributed by atoms with Crippen LogP contribution in [-0.2, 0) is 0 Å². The fourth-order valence-corrected chi connectivity index (χ4v) is 5.62. The van der Waals surface area contributed by atoms with Crippen molar-refractivity contribution in [2.75, 3.05) is 0 Å². The highest BCUT2D eigenvalue weighted by Gasteiger charge is 2.19. The molecule has 0 aliphatic carbocycles. The lowest BCUT2D eigenvalue weighted by atomic mass is 9.83. The quantitative estimate of drug-likeness (QED) is 0.188. The third kappa shape index (κ3) is 3.87. The normalized spacial score (nSPS) is 11.2. The van der Waals surface area contributed by atoms with E-state index in [-0.39, 0.29) is 0 Å². The van der Waals surface area contributed by atoms with Gasteiger partial charge in [0.15, 0.2) is 0 Å². The summed E-state index contributed by atoms with van der Waals surface area (Å²) >= 11 is 7.40. The van der Waals surface area contributed by atoms with E-state index in [0.717, 1.165) is 8.95 Å². The van der Waals surface area contributed by atoms with Crippen molar-refractivity contribution in [1.29, 1.82) is 0 Å². The van der Waals surface area contributed by atoms with E-state index in [0.29, 0.717) is 0 Å². The second-order valence-corrected chi connectivity index (χ2v) is 10.3. The van der Waals surface area contributed by atoms with Gasteiger partial charge in [0.2, 0.25) is 0 Å². The number of fused-ring (bicyclic) bond motifs is 2. The van der Waals surface area contributed by atoms with Crippen LogP contribution in [0, 0.1) is 0 Å². The van der Waals surface area contributed by atoms with Crippen molar-refractivity contribution in [3.8, 4) is 33.4 Å². The summed E-state index contributed by atoms with van der Waals surface area (Å²) in [5.41, 5.74) is 7.34. The molecule has 0 fully saturated rings. The Bertz CT molecular complexity index is 1670. The van der Waals surface area contributed by atoms with Crippen LogP contribution in [0.5, 0.6) is 0 Å². The lowest BCUT2D eigenvalue weighted by molar-refractivity contribution is 1.57. The average Bonchev–Trinajstić information content (AvgIpc) is 2.87.